The monoisotopic (exact) mass is 517 g/mol. The van der Waals surface area contributed by atoms with Gasteiger partial charge in [-0.2, -0.15) is 5.10 Å². The molecule has 0 saturated heterocycles. The highest BCUT2D eigenvalue weighted by Gasteiger charge is 2.30. The summed E-state index contributed by atoms with van der Waals surface area (Å²) in [5.41, 5.74) is 2.13. The van der Waals surface area contributed by atoms with E-state index < -0.39 is 29.6 Å². The molecule has 1 atom stereocenters. The minimum absolute atomic E-state index is 0.141. The first kappa shape index (κ1) is 26.4. The Kier molecular flexibility index (Phi) is 7.47. The zero-order valence-corrected chi connectivity index (χ0v) is 21.4. The van der Waals surface area contributed by atoms with Crippen molar-refractivity contribution >= 4 is 17.9 Å². The van der Waals surface area contributed by atoms with Crippen molar-refractivity contribution in [3.8, 4) is 28.0 Å². The first-order valence-electron chi connectivity index (χ1n) is 11.9. The lowest BCUT2D eigenvalue weighted by molar-refractivity contribution is -0.152. The number of carbonyl (C=O) groups excluding carboxylic acids is 1. The highest BCUT2D eigenvalue weighted by molar-refractivity contribution is 5.90. The molecule has 1 amide bonds. The maximum absolute atomic E-state index is 14.7. The van der Waals surface area contributed by atoms with E-state index in [2.05, 4.69) is 10.4 Å². The molecule has 4 aromatic rings. The van der Waals surface area contributed by atoms with Crippen LogP contribution in [0.2, 0.25) is 0 Å². The van der Waals surface area contributed by atoms with Gasteiger partial charge in [0.2, 0.25) is 0 Å². The minimum Gasteiger partial charge on any atom is -0.478 e. The number of hydrogen-bond acceptors (Lipinski definition) is 5. The molecule has 0 aliphatic carbocycles. The fraction of sp³-hybridized carbons (Fsp3) is 0.207. The molecule has 0 aliphatic rings. The zero-order valence-electron chi connectivity index (χ0n) is 21.4. The van der Waals surface area contributed by atoms with Crippen molar-refractivity contribution < 1.29 is 28.6 Å². The van der Waals surface area contributed by atoms with E-state index in [1.165, 1.54) is 26.0 Å². The van der Waals surface area contributed by atoms with Crippen molar-refractivity contribution in [2.24, 2.45) is 7.05 Å². The Morgan fingerprint density at radius 3 is 2.26 bits per heavy atom. The van der Waals surface area contributed by atoms with Gasteiger partial charge >= 0.3 is 12.1 Å². The molecule has 3 aromatic carbocycles. The van der Waals surface area contributed by atoms with Crippen LogP contribution < -0.4 is 10.1 Å². The van der Waals surface area contributed by atoms with Gasteiger partial charge < -0.3 is 14.6 Å². The standard InChI is InChI=1S/C29H28FN3O5/c1-18(19-8-6-5-7-9-19)37-28(36)32-26-23(17-31-33(26)4)21-12-10-20(11-13-21)22-14-15-25(24(30)16-22)38-29(2,3)27(34)35/h5-18H,1-4H3,(H,32,36)(H,34,35)/t18-/m1/s1. The Morgan fingerprint density at radius 2 is 1.63 bits per heavy atom. The van der Waals surface area contributed by atoms with Crippen LogP contribution in [0.25, 0.3) is 22.3 Å². The van der Waals surface area contributed by atoms with Gasteiger partial charge in [-0.15, -0.1) is 0 Å². The fourth-order valence-corrected chi connectivity index (χ4v) is 3.80. The number of benzene rings is 3. The van der Waals surface area contributed by atoms with Gasteiger partial charge in [0, 0.05) is 12.6 Å². The van der Waals surface area contributed by atoms with Gasteiger partial charge in [0.25, 0.3) is 0 Å². The fourth-order valence-electron chi connectivity index (χ4n) is 3.80. The Labute approximate surface area is 219 Å². The molecule has 0 aliphatic heterocycles. The number of nitrogens with zero attached hydrogens (tertiary/aromatic N) is 2. The minimum atomic E-state index is -1.56. The number of amides is 1. The molecule has 0 unspecified atom stereocenters. The third-order valence-electron chi connectivity index (χ3n) is 6.05. The van der Waals surface area contributed by atoms with Gasteiger partial charge in [0.15, 0.2) is 17.2 Å². The number of aryl methyl sites for hydroxylation is 1. The summed E-state index contributed by atoms with van der Waals surface area (Å²) in [5, 5.41) is 16.3. The number of nitrogens with one attached hydrogen (secondary N) is 1. The van der Waals surface area contributed by atoms with Gasteiger partial charge in [-0.3, -0.25) is 10.00 Å². The quantitative estimate of drug-likeness (QED) is 0.279. The van der Waals surface area contributed by atoms with Crippen molar-refractivity contribution in [2.45, 2.75) is 32.5 Å². The Bertz CT molecular complexity index is 1450. The number of ether oxygens (including phenoxy) is 2. The molecule has 0 bridgehead atoms. The normalized spacial score (nSPS) is 12.0. The maximum Gasteiger partial charge on any atom is 0.413 e. The lowest BCUT2D eigenvalue weighted by Gasteiger charge is -2.22. The third kappa shape index (κ3) is 5.83. The Morgan fingerprint density at radius 1 is 1.00 bits per heavy atom. The number of carboxylic acid groups (broad SMARTS) is 1. The van der Waals surface area contributed by atoms with Crippen molar-refractivity contribution in [1.82, 2.24) is 9.78 Å². The molecule has 0 fully saturated rings. The van der Waals surface area contributed by atoms with Crippen molar-refractivity contribution in [3.05, 3.63) is 90.4 Å². The average molecular weight is 518 g/mol. The second kappa shape index (κ2) is 10.8. The average Bonchev–Trinajstić information content (AvgIpc) is 3.25. The van der Waals surface area contributed by atoms with Crippen LogP contribution in [0.3, 0.4) is 0 Å². The highest BCUT2D eigenvalue weighted by Crippen LogP contribution is 2.32. The summed E-state index contributed by atoms with van der Waals surface area (Å²) in [7, 11) is 1.71. The summed E-state index contributed by atoms with van der Waals surface area (Å²) in [6.07, 6.45) is 0.604. The van der Waals surface area contributed by atoms with Crippen LogP contribution in [0.5, 0.6) is 5.75 Å². The molecule has 196 valence electrons. The van der Waals surface area contributed by atoms with Gasteiger partial charge in [0.05, 0.1) is 6.20 Å². The first-order chi connectivity index (χ1) is 18.0. The Hall–Kier alpha value is -4.66. The number of anilines is 1. The van der Waals surface area contributed by atoms with E-state index in [0.717, 1.165) is 16.7 Å². The van der Waals surface area contributed by atoms with Crippen LogP contribution in [-0.2, 0) is 16.6 Å². The van der Waals surface area contributed by atoms with Gasteiger partial charge in [-0.25, -0.2) is 14.0 Å². The lowest BCUT2D eigenvalue weighted by atomic mass is 10.0. The third-order valence-corrected chi connectivity index (χ3v) is 6.05. The molecule has 4 rings (SSSR count). The van der Waals surface area contributed by atoms with Crippen molar-refractivity contribution in [1.29, 1.82) is 0 Å². The molecule has 9 heteroatoms. The van der Waals surface area contributed by atoms with Crippen LogP contribution >= 0.6 is 0 Å². The lowest BCUT2D eigenvalue weighted by Crippen LogP contribution is -2.38. The number of carboxylic acids is 1. The molecule has 1 heterocycles. The van der Waals surface area contributed by atoms with E-state index in [1.54, 1.807) is 30.9 Å². The van der Waals surface area contributed by atoms with Crippen LogP contribution in [0.15, 0.2) is 79.0 Å². The molecular weight excluding hydrogens is 489 g/mol. The van der Waals surface area contributed by atoms with E-state index in [0.29, 0.717) is 16.9 Å². The molecule has 2 N–H and O–H groups in total. The number of carbonyl (C=O) groups is 2. The summed E-state index contributed by atoms with van der Waals surface area (Å²) >= 11 is 0. The maximum atomic E-state index is 14.7. The van der Waals surface area contributed by atoms with E-state index in [9.17, 15) is 19.1 Å². The van der Waals surface area contributed by atoms with E-state index in [1.807, 2.05) is 54.6 Å². The van der Waals surface area contributed by atoms with E-state index >= 15 is 0 Å². The molecular formula is C29H28FN3O5. The van der Waals surface area contributed by atoms with Crippen LogP contribution in [0.4, 0.5) is 15.0 Å². The molecule has 38 heavy (non-hydrogen) atoms. The zero-order chi connectivity index (χ0) is 27.4. The Balaban J connectivity index is 1.49. The number of halogens is 1. The smallest absolute Gasteiger partial charge is 0.413 e. The van der Waals surface area contributed by atoms with E-state index in [4.69, 9.17) is 9.47 Å². The second-order valence-electron chi connectivity index (χ2n) is 9.25. The summed E-state index contributed by atoms with van der Waals surface area (Å²) in [6.45, 7) is 4.51. The predicted molar refractivity (Wildman–Crippen MR) is 141 cm³/mol. The number of aliphatic carboxylic acids is 1. The summed E-state index contributed by atoms with van der Waals surface area (Å²) < 4.78 is 27.1. The van der Waals surface area contributed by atoms with Crippen LogP contribution in [-0.4, -0.2) is 32.6 Å². The summed E-state index contributed by atoms with van der Waals surface area (Å²) in [4.78, 5) is 23.9. The van der Waals surface area contributed by atoms with Crippen molar-refractivity contribution in [3.63, 3.8) is 0 Å². The van der Waals surface area contributed by atoms with Crippen LogP contribution in [0, 0.1) is 5.82 Å². The SMILES string of the molecule is C[C@@H](OC(=O)Nc1c(-c2ccc(-c3ccc(OC(C)(C)C(=O)O)c(F)c3)cc2)cnn1C)c1ccccc1. The number of aromatic nitrogens is 2. The van der Waals surface area contributed by atoms with Gasteiger partial charge in [0.1, 0.15) is 11.9 Å². The molecule has 8 nitrogen and oxygen atoms in total. The molecule has 1 aromatic heterocycles. The topological polar surface area (TPSA) is 103 Å². The number of rotatable bonds is 8. The van der Waals surface area contributed by atoms with Gasteiger partial charge in [-0.05, 0) is 55.2 Å². The van der Waals surface area contributed by atoms with Gasteiger partial charge in [-0.1, -0.05) is 60.7 Å². The summed E-state index contributed by atoms with van der Waals surface area (Å²) in [6, 6.07) is 21.1. The molecule has 0 radical (unpaired) electrons. The largest absolute Gasteiger partial charge is 0.478 e. The van der Waals surface area contributed by atoms with Crippen molar-refractivity contribution in [2.75, 3.05) is 5.32 Å². The first-order valence-corrected chi connectivity index (χ1v) is 11.9. The second-order valence-corrected chi connectivity index (χ2v) is 9.25. The highest BCUT2D eigenvalue weighted by atomic mass is 19.1. The number of hydrogen-bond donors (Lipinski definition) is 2. The summed E-state index contributed by atoms with van der Waals surface area (Å²) in [5.74, 6) is -1.53. The van der Waals surface area contributed by atoms with E-state index in [-0.39, 0.29) is 5.75 Å². The molecule has 0 saturated carbocycles. The predicted octanol–water partition coefficient (Wildman–Crippen LogP) is 6.44. The molecule has 0 spiro atoms. The van der Waals surface area contributed by atoms with Crippen LogP contribution in [0.1, 0.15) is 32.4 Å².